The first-order chi connectivity index (χ1) is 16.4. The van der Waals surface area contributed by atoms with Crippen LogP contribution >= 0.6 is 0 Å². The van der Waals surface area contributed by atoms with Gasteiger partial charge in [-0.3, -0.25) is 4.79 Å². The number of benzene rings is 2. The molecule has 0 spiro atoms. The number of hydrogen-bond donors (Lipinski definition) is 3. The third kappa shape index (κ3) is 4.77. The maximum atomic E-state index is 13.2. The average Bonchev–Trinajstić information content (AvgIpc) is 3.14. The van der Waals surface area contributed by atoms with Crippen molar-refractivity contribution in [2.45, 2.75) is 71.4 Å². The topological polar surface area (TPSA) is 105 Å². The van der Waals surface area contributed by atoms with Gasteiger partial charge in [-0.25, -0.2) is 9.59 Å². The number of nitrogens with one attached hydrogen (secondary N) is 2. The minimum atomic E-state index is -1.35. The zero-order valence-corrected chi connectivity index (χ0v) is 21.4. The van der Waals surface area contributed by atoms with Gasteiger partial charge in [0.2, 0.25) is 5.91 Å². The molecular weight excluding hydrogens is 444 g/mol. The molecule has 0 atom stereocenters. The van der Waals surface area contributed by atoms with E-state index in [0.29, 0.717) is 0 Å². The van der Waals surface area contributed by atoms with E-state index in [1.165, 1.54) is 0 Å². The Balaban J connectivity index is 1.70. The Morgan fingerprint density at radius 3 is 1.80 bits per heavy atom. The molecule has 1 aliphatic carbocycles. The number of carbonyl (C=O) groups is 3. The summed E-state index contributed by atoms with van der Waals surface area (Å²) >= 11 is 0. The lowest BCUT2D eigenvalue weighted by molar-refractivity contribution is -0.150. The van der Waals surface area contributed by atoms with Gasteiger partial charge in [-0.15, -0.1) is 0 Å². The third-order valence-electron chi connectivity index (χ3n) is 7.86. The summed E-state index contributed by atoms with van der Waals surface area (Å²) in [6.07, 6.45) is -0.130. The highest BCUT2D eigenvalue weighted by Crippen LogP contribution is 2.44. The summed E-state index contributed by atoms with van der Waals surface area (Å²) in [6, 6.07) is 16.2. The highest BCUT2D eigenvalue weighted by Gasteiger charge is 2.48. The van der Waals surface area contributed by atoms with E-state index in [9.17, 15) is 19.5 Å². The van der Waals surface area contributed by atoms with Crippen molar-refractivity contribution in [2.24, 2.45) is 5.41 Å². The predicted octanol–water partition coefficient (Wildman–Crippen LogP) is 5.09. The van der Waals surface area contributed by atoms with Crippen LogP contribution in [0.2, 0.25) is 0 Å². The van der Waals surface area contributed by atoms with Gasteiger partial charge in [0.25, 0.3) is 0 Å². The first-order valence-corrected chi connectivity index (χ1v) is 12.1. The van der Waals surface area contributed by atoms with Crippen LogP contribution in [0.5, 0.6) is 0 Å². The number of hydrogen-bond acceptors (Lipinski definition) is 4. The summed E-state index contributed by atoms with van der Waals surface area (Å²) in [6.45, 7) is 10.4. The van der Waals surface area contributed by atoms with Gasteiger partial charge in [-0.1, -0.05) is 62.4 Å². The van der Waals surface area contributed by atoms with Crippen LogP contribution in [0.15, 0.2) is 48.5 Å². The Bertz CT molecular complexity index is 1070. The SMILES string of the molecule is CCC(CC)(NC(=O)C(C)(C)C(C)(C)NC(=O)OCC1c2ccccc2-c2ccccc21)C(=O)O. The molecule has 0 saturated heterocycles. The van der Waals surface area contributed by atoms with Gasteiger partial charge >= 0.3 is 12.1 Å². The number of fused-ring (bicyclic) bond motifs is 3. The molecule has 0 saturated carbocycles. The average molecular weight is 481 g/mol. The first kappa shape index (κ1) is 26.3. The largest absolute Gasteiger partial charge is 0.480 e. The highest BCUT2D eigenvalue weighted by atomic mass is 16.5. The Hall–Kier alpha value is -3.35. The smallest absolute Gasteiger partial charge is 0.407 e. The Labute approximate surface area is 207 Å². The maximum absolute atomic E-state index is 13.2. The van der Waals surface area contributed by atoms with Gasteiger partial charge in [-0.2, -0.15) is 0 Å². The second kappa shape index (κ2) is 9.72. The van der Waals surface area contributed by atoms with Crippen LogP contribution in [0.3, 0.4) is 0 Å². The molecule has 0 aromatic heterocycles. The van der Waals surface area contributed by atoms with Crippen molar-refractivity contribution in [3.63, 3.8) is 0 Å². The molecule has 0 aliphatic heterocycles. The number of alkyl carbamates (subject to hydrolysis) is 1. The lowest BCUT2D eigenvalue weighted by Crippen LogP contribution is -2.64. The second-order valence-corrected chi connectivity index (χ2v) is 10.2. The summed E-state index contributed by atoms with van der Waals surface area (Å²) in [5.41, 5.74) is 1.02. The maximum Gasteiger partial charge on any atom is 0.407 e. The normalized spacial score (nSPS) is 13.5. The van der Waals surface area contributed by atoms with Crippen molar-refractivity contribution in [3.05, 3.63) is 59.7 Å². The number of amides is 2. The molecule has 2 aromatic rings. The third-order valence-corrected chi connectivity index (χ3v) is 7.86. The molecule has 2 amide bonds. The van der Waals surface area contributed by atoms with Crippen molar-refractivity contribution in [1.29, 1.82) is 0 Å². The van der Waals surface area contributed by atoms with Crippen molar-refractivity contribution in [1.82, 2.24) is 10.6 Å². The number of rotatable bonds is 9. The first-order valence-electron chi connectivity index (χ1n) is 12.1. The summed E-state index contributed by atoms with van der Waals surface area (Å²) in [7, 11) is 0. The minimum absolute atomic E-state index is 0.0714. The van der Waals surface area contributed by atoms with Crippen LogP contribution < -0.4 is 10.6 Å². The molecule has 0 radical (unpaired) electrons. The molecule has 3 rings (SSSR count). The number of ether oxygens (including phenoxy) is 1. The molecule has 7 nitrogen and oxygen atoms in total. The van der Waals surface area contributed by atoms with E-state index >= 15 is 0 Å². The molecule has 35 heavy (non-hydrogen) atoms. The zero-order valence-electron chi connectivity index (χ0n) is 21.4. The summed E-state index contributed by atoms with van der Waals surface area (Å²) in [5.74, 6) is -1.60. The fourth-order valence-electron chi connectivity index (χ4n) is 4.49. The molecule has 0 unspecified atom stereocenters. The van der Waals surface area contributed by atoms with E-state index in [-0.39, 0.29) is 25.4 Å². The molecule has 188 valence electrons. The van der Waals surface area contributed by atoms with E-state index in [1.54, 1.807) is 41.5 Å². The monoisotopic (exact) mass is 480 g/mol. The van der Waals surface area contributed by atoms with Crippen molar-refractivity contribution in [3.8, 4) is 11.1 Å². The van der Waals surface area contributed by atoms with Crippen LogP contribution in [0.25, 0.3) is 11.1 Å². The minimum Gasteiger partial charge on any atom is -0.480 e. The Morgan fingerprint density at radius 2 is 1.34 bits per heavy atom. The fraction of sp³-hybridized carbons (Fsp3) is 0.464. The van der Waals surface area contributed by atoms with E-state index < -0.39 is 34.5 Å². The highest BCUT2D eigenvalue weighted by molar-refractivity contribution is 5.91. The van der Waals surface area contributed by atoms with Crippen LogP contribution in [0.1, 0.15) is 71.4 Å². The molecule has 2 aromatic carbocycles. The molecule has 0 heterocycles. The molecule has 3 N–H and O–H groups in total. The summed E-state index contributed by atoms with van der Waals surface area (Å²) in [4.78, 5) is 37.9. The Kier molecular flexibility index (Phi) is 7.29. The van der Waals surface area contributed by atoms with E-state index in [2.05, 4.69) is 34.9 Å². The van der Waals surface area contributed by atoms with Crippen LogP contribution in [0, 0.1) is 5.41 Å². The van der Waals surface area contributed by atoms with Gasteiger partial charge in [0.15, 0.2) is 0 Å². The second-order valence-electron chi connectivity index (χ2n) is 10.2. The van der Waals surface area contributed by atoms with Crippen LogP contribution in [-0.2, 0) is 14.3 Å². The van der Waals surface area contributed by atoms with Crippen LogP contribution in [0.4, 0.5) is 4.79 Å². The van der Waals surface area contributed by atoms with E-state index in [4.69, 9.17) is 4.74 Å². The molecule has 0 fully saturated rings. The molecule has 1 aliphatic rings. The van der Waals surface area contributed by atoms with E-state index in [0.717, 1.165) is 22.3 Å². The van der Waals surface area contributed by atoms with E-state index in [1.807, 2.05) is 24.3 Å². The standard InChI is InChI=1S/C28H36N2O5/c1-7-28(8-2,24(32)33)29-23(31)26(3,4)27(5,6)30-25(34)35-17-22-20-15-11-9-13-18(20)19-14-10-12-16-21(19)22/h9-16,22H,7-8,17H2,1-6H3,(H,29,31)(H,30,34)(H,32,33). The molecule has 0 bridgehead atoms. The van der Waals surface area contributed by atoms with Crippen molar-refractivity contribution in [2.75, 3.05) is 6.61 Å². The Morgan fingerprint density at radius 1 is 0.857 bits per heavy atom. The summed E-state index contributed by atoms with van der Waals surface area (Å²) < 4.78 is 5.66. The fourth-order valence-corrected chi connectivity index (χ4v) is 4.49. The zero-order chi connectivity index (χ0) is 26.0. The number of carboxylic acids is 1. The van der Waals surface area contributed by atoms with Crippen molar-refractivity contribution < 1.29 is 24.2 Å². The number of carbonyl (C=O) groups excluding carboxylic acids is 2. The lowest BCUT2D eigenvalue weighted by Gasteiger charge is -2.42. The van der Waals surface area contributed by atoms with Gasteiger partial charge in [0, 0.05) is 5.92 Å². The van der Waals surface area contributed by atoms with Crippen LogP contribution in [-0.4, -0.2) is 40.8 Å². The molecule has 7 heteroatoms. The lowest BCUT2D eigenvalue weighted by atomic mass is 9.73. The quantitative estimate of drug-likeness (QED) is 0.464. The van der Waals surface area contributed by atoms with Gasteiger partial charge in [0.05, 0.1) is 11.0 Å². The summed E-state index contributed by atoms with van der Waals surface area (Å²) in [5, 5.41) is 15.2. The van der Waals surface area contributed by atoms with Gasteiger partial charge < -0.3 is 20.5 Å². The van der Waals surface area contributed by atoms with Gasteiger partial charge in [-0.05, 0) is 62.8 Å². The van der Waals surface area contributed by atoms with Crippen molar-refractivity contribution >= 4 is 18.0 Å². The number of aliphatic carboxylic acids is 1. The molecular formula is C28H36N2O5. The number of carboxylic acid groups (broad SMARTS) is 1. The predicted molar refractivity (Wildman–Crippen MR) is 135 cm³/mol. The van der Waals surface area contributed by atoms with Gasteiger partial charge in [0.1, 0.15) is 12.1 Å².